The number of carboxylic acids is 1. The van der Waals surface area contributed by atoms with E-state index in [1.165, 1.54) is 0 Å². The summed E-state index contributed by atoms with van der Waals surface area (Å²) in [6.45, 7) is 2.03. The SMILES string of the molecule is C[C@@H](OCc1ccccc1)[C@H](NC(=O)CC1(NC(=O)OCC2c3ccccc3-c3ccccc32)CCC1)C(=O)O. The highest BCUT2D eigenvalue weighted by Crippen LogP contribution is 2.44. The number of ether oxygens (including phenoxy) is 2. The summed E-state index contributed by atoms with van der Waals surface area (Å²) in [5.41, 5.74) is 4.69. The van der Waals surface area contributed by atoms with Crippen LogP contribution in [0.2, 0.25) is 0 Å². The van der Waals surface area contributed by atoms with Gasteiger partial charge in [0, 0.05) is 12.3 Å². The normalized spacial score (nSPS) is 16.5. The van der Waals surface area contributed by atoms with Crippen LogP contribution in [0, 0.1) is 0 Å². The number of nitrogens with one attached hydrogen (secondary N) is 2. The maximum atomic E-state index is 12.9. The van der Waals surface area contributed by atoms with Crippen LogP contribution in [-0.2, 0) is 25.7 Å². The first kappa shape index (κ1) is 27.4. The van der Waals surface area contributed by atoms with Gasteiger partial charge in [-0.05, 0) is 54.0 Å². The standard InChI is InChI=1S/C32H34N2O6/c1-21(39-19-22-10-3-2-4-11-22)29(30(36)37)33-28(35)18-32(16-9-17-32)34-31(38)40-20-27-25-14-7-5-12-23(25)24-13-6-8-15-26(24)27/h2-8,10-15,21,27,29H,9,16-20H2,1H3,(H,33,35)(H,34,38)(H,36,37)/t21-,29+/m1/s1. The Bertz CT molecular complexity index is 1330. The molecule has 3 N–H and O–H groups in total. The van der Waals surface area contributed by atoms with Crippen LogP contribution in [0.4, 0.5) is 4.79 Å². The van der Waals surface area contributed by atoms with Crippen LogP contribution in [0.3, 0.4) is 0 Å². The molecule has 0 aromatic heterocycles. The number of fused-ring (bicyclic) bond motifs is 3. The summed E-state index contributed by atoms with van der Waals surface area (Å²) in [6.07, 6.45) is 0.713. The van der Waals surface area contributed by atoms with Gasteiger partial charge < -0.3 is 25.2 Å². The molecule has 2 aliphatic carbocycles. The molecule has 1 saturated carbocycles. The van der Waals surface area contributed by atoms with E-state index in [1.54, 1.807) is 6.92 Å². The van der Waals surface area contributed by atoms with Crippen molar-refractivity contribution in [2.45, 2.75) is 62.8 Å². The summed E-state index contributed by atoms with van der Waals surface area (Å²) in [6, 6.07) is 24.4. The minimum Gasteiger partial charge on any atom is -0.480 e. The van der Waals surface area contributed by atoms with Crippen LogP contribution in [0.1, 0.15) is 55.2 Å². The Morgan fingerprint density at radius 2 is 1.52 bits per heavy atom. The van der Waals surface area contributed by atoms with Gasteiger partial charge in [0.05, 0.1) is 18.2 Å². The van der Waals surface area contributed by atoms with Crippen molar-refractivity contribution in [3.05, 3.63) is 95.6 Å². The van der Waals surface area contributed by atoms with Gasteiger partial charge in [-0.1, -0.05) is 78.9 Å². The molecule has 2 atom stereocenters. The molecule has 40 heavy (non-hydrogen) atoms. The van der Waals surface area contributed by atoms with Crippen LogP contribution >= 0.6 is 0 Å². The van der Waals surface area contributed by atoms with Crippen molar-refractivity contribution in [2.75, 3.05) is 6.61 Å². The number of carboxylic acid groups (broad SMARTS) is 1. The molecule has 0 unspecified atom stereocenters. The molecule has 8 nitrogen and oxygen atoms in total. The predicted octanol–water partition coefficient (Wildman–Crippen LogP) is 5.01. The summed E-state index contributed by atoms with van der Waals surface area (Å²) in [4.78, 5) is 37.8. The quantitative estimate of drug-likeness (QED) is 0.314. The van der Waals surface area contributed by atoms with E-state index in [2.05, 4.69) is 34.9 Å². The summed E-state index contributed by atoms with van der Waals surface area (Å²) < 4.78 is 11.4. The van der Waals surface area contributed by atoms with Gasteiger partial charge in [-0.2, -0.15) is 0 Å². The Hall–Kier alpha value is -4.17. The number of alkyl carbamates (subject to hydrolysis) is 1. The lowest BCUT2D eigenvalue weighted by Crippen LogP contribution is -2.58. The molecule has 0 bridgehead atoms. The molecule has 0 heterocycles. The third-order valence-electron chi connectivity index (χ3n) is 7.93. The van der Waals surface area contributed by atoms with Crippen LogP contribution < -0.4 is 10.6 Å². The van der Waals surface area contributed by atoms with E-state index in [4.69, 9.17) is 9.47 Å². The summed E-state index contributed by atoms with van der Waals surface area (Å²) in [5.74, 6) is -1.70. The van der Waals surface area contributed by atoms with Gasteiger partial charge in [-0.15, -0.1) is 0 Å². The fraction of sp³-hybridized carbons (Fsp3) is 0.344. The van der Waals surface area contributed by atoms with Gasteiger partial charge >= 0.3 is 12.1 Å². The number of hydrogen-bond donors (Lipinski definition) is 3. The Labute approximate surface area is 233 Å². The Morgan fingerprint density at radius 3 is 2.10 bits per heavy atom. The van der Waals surface area contributed by atoms with Crippen LogP contribution in [-0.4, -0.2) is 47.4 Å². The molecular weight excluding hydrogens is 508 g/mol. The minimum atomic E-state index is -1.22. The minimum absolute atomic E-state index is 0.0353. The number of rotatable bonds is 11. The smallest absolute Gasteiger partial charge is 0.407 e. The average Bonchev–Trinajstić information content (AvgIpc) is 3.26. The maximum Gasteiger partial charge on any atom is 0.407 e. The number of carbonyl (C=O) groups excluding carboxylic acids is 2. The van der Waals surface area contributed by atoms with E-state index in [9.17, 15) is 19.5 Å². The molecule has 3 aromatic carbocycles. The number of benzene rings is 3. The van der Waals surface area contributed by atoms with E-state index in [1.807, 2.05) is 54.6 Å². The Kier molecular flexibility index (Phi) is 8.16. The topological polar surface area (TPSA) is 114 Å². The second-order valence-corrected chi connectivity index (χ2v) is 10.6. The third kappa shape index (κ3) is 6.02. The monoisotopic (exact) mass is 542 g/mol. The van der Waals surface area contributed by atoms with Gasteiger partial charge in [-0.3, -0.25) is 4.79 Å². The zero-order valence-corrected chi connectivity index (χ0v) is 22.5. The van der Waals surface area contributed by atoms with Gasteiger partial charge in [0.15, 0.2) is 6.04 Å². The lowest BCUT2D eigenvalue weighted by atomic mass is 9.74. The summed E-state index contributed by atoms with van der Waals surface area (Å²) in [7, 11) is 0. The first-order valence-electron chi connectivity index (χ1n) is 13.7. The number of aliphatic carboxylic acids is 1. The Morgan fingerprint density at radius 1 is 0.925 bits per heavy atom. The second kappa shape index (κ2) is 11.9. The Balaban J connectivity index is 1.16. The molecule has 2 aliphatic rings. The van der Waals surface area contributed by atoms with E-state index < -0.39 is 35.7 Å². The zero-order chi connectivity index (χ0) is 28.1. The van der Waals surface area contributed by atoms with E-state index >= 15 is 0 Å². The van der Waals surface area contributed by atoms with Crippen molar-refractivity contribution in [1.82, 2.24) is 10.6 Å². The second-order valence-electron chi connectivity index (χ2n) is 10.6. The molecule has 208 valence electrons. The maximum absolute atomic E-state index is 12.9. The molecule has 1 fully saturated rings. The molecule has 0 saturated heterocycles. The number of amides is 2. The predicted molar refractivity (Wildman–Crippen MR) is 150 cm³/mol. The third-order valence-corrected chi connectivity index (χ3v) is 7.93. The summed E-state index contributed by atoms with van der Waals surface area (Å²) in [5, 5.41) is 15.2. The average molecular weight is 543 g/mol. The lowest BCUT2D eigenvalue weighted by Gasteiger charge is -2.42. The van der Waals surface area contributed by atoms with Crippen LogP contribution in [0.5, 0.6) is 0 Å². The van der Waals surface area contributed by atoms with E-state index in [0.717, 1.165) is 34.2 Å². The number of carbonyl (C=O) groups is 3. The zero-order valence-electron chi connectivity index (χ0n) is 22.5. The van der Waals surface area contributed by atoms with Gasteiger partial charge in [0.1, 0.15) is 6.61 Å². The van der Waals surface area contributed by atoms with Crippen molar-refractivity contribution in [2.24, 2.45) is 0 Å². The molecule has 2 amide bonds. The molecule has 0 spiro atoms. The van der Waals surface area contributed by atoms with Crippen molar-refractivity contribution in [3.8, 4) is 11.1 Å². The first-order chi connectivity index (χ1) is 19.3. The molecule has 8 heteroatoms. The fourth-order valence-corrected chi connectivity index (χ4v) is 5.61. The first-order valence-corrected chi connectivity index (χ1v) is 13.7. The fourth-order valence-electron chi connectivity index (χ4n) is 5.61. The highest BCUT2D eigenvalue weighted by atomic mass is 16.5. The molecule has 5 rings (SSSR count). The van der Waals surface area contributed by atoms with Crippen LogP contribution in [0.25, 0.3) is 11.1 Å². The van der Waals surface area contributed by atoms with Gasteiger partial charge in [0.25, 0.3) is 0 Å². The van der Waals surface area contributed by atoms with E-state index in [0.29, 0.717) is 12.8 Å². The lowest BCUT2D eigenvalue weighted by molar-refractivity contribution is -0.147. The van der Waals surface area contributed by atoms with Crippen molar-refractivity contribution < 1.29 is 29.0 Å². The molecular formula is C32H34N2O6. The van der Waals surface area contributed by atoms with Crippen molar-refractivity contribution in [3.63, 3.8) is 0 Å². The van der Waals surface area contributed by atoms with Crippen molar-refractivity contribution in [1.29, 1.82) is 0 Å². The van der Waals surface area contributed by atoms with Crippen LogP contribution in [0.15, 0.2) is 78.9 Å². The largest absolute Gasteiger partial charge is 0.480 e. The molecule has 3 aromatic rings. The van der Waals surface area contributed by atoms with Gasteiger partial charge in [0.2, 0.25) is 5.91 Å². The number of hydrogen-bond acceptors (Lipinski definition) is 5. The van der Waals surface area contributed by atoms with Gasteiger partial charge in [-0.25, -0.2) is 9.59 Å². The summed E-state index contributed by atoms with van der Waals surface area (Å²) >= 11 is 0. The molecule has 0 aliphatic heterocycles. The van der Waals surface area contributed by atoms with Crippen molar-refractivity contribution >= 4 is 18.0 Å². The highest BCUT2D eigenvalue weighted by Gasteiger charge is 2.42. The van der Waals surface area contributed by atoms with E-state index in [-0.39, 0.29) is 25.6 Å². The molecule has 0 radical (unpaired) electrons. The highest BCUT2D eigenvalue weighted by molar-refractivity contribution is 5.85.